The highest BCUT2D eigenvalue weighted by Crippen LogP contribution is 2.39. The first-order chi connectivity index (χ1) is 18.6. The summed E-state index contributed by atoms with van der Waals surface area (Å²) in [5.74, 6) is -0.308. The van der Waals surface area contributed by atoms with Gasteiger partial charge in [-0.25, -0.2) is 19.2 Å². The van der Waals surface area contributed by atoms with Crippen LogP contribution in [0.4, 0.5) is 26.8 Å². The fraction of sp³-hybridized carbons (Fsp3) is 0.480. The Morgan fingerprint density at radius 3 is 2.46 bits per heavy atom. The minimum Gasteiger partial charge on any atom is -0.465 e. The highest BCUT2D eigenvalue weighted by molar-refractivity contribution is 6.39. The molecule has 2 amide bonds. The van der Waals surface area contributed by atoms with Crippen LogP contribution in [0, 0.1) is 11.7 Å². The van der Waals surface area contributed by atoms with Crippen LogP contribution >= 0.6 is 23.2 Å². The minimum atomic E-state index is -0.955. The van der Waals surface area contributed by atoms with E-state index in [1.54, 1.807) is 6.20 Å². The summed E-state index contributed by atoms with van der Waals surface area (Å²) in [5, 5.41) is 16.2. The Morgan fingerprint density at radius 2 is 1.82 bits per heavy atom. The first-order valence-corrected chi connectivity index (χ1v) is 13.6. The van der Waals surface area contributed by atoms with Crippen molar-refractivity contribution in [2.24, 2.45) is 11.7 Å². The number of carbonyl (C=O) groups excluding carboxylic acids is 1. The summed E-state index contributed by atoms with van der Waals surface area (Å²) >= 11 is 12.6. The van der Waals surface area contributed by atoms with E-state index >= 15 is 0 Å². The summed E-state index contributed by atoms with van der Waals surface area (Å²) in [4.78, 5) is 38.7. The SMILES string of the molecule is CC1C(Nc2ncc3nc(Nc4c(Cl)cc(F)cc4Cl)n(C4CCC(C(N)=O)CC4)c3n2)CCCN1C(=O)O. The van der Waals surface area contributed by atoms with Crippen molar-refractivity contribution in [2.45, 2.75) is 63.6 Å². The second-order valence-corrected chi connectivity index (χ2v) is 10.9. The topological polar surface area (TPSA) is 151 Å². The van der Waals surface area contributed by atoms with E-state index in [4.69, 9.17) is 38.9 Å². The summed E-state index contributed by atoms with van der Waals surface area (Å²) in [7, 11) is 0. The van der Waals surface area contributed by atoms with Crippen molar-refractivity contribution in [3.63, 3.8) is 0 Å². The maximum Gasteiger partial charge on any atom is 0.407 e. The highest BCUT2D eigenvalue weighted by Gasteiger charge is 2.32. The zero-order valence-corrected chi connectivity index (χ0v) is 22.7. The molecule has 3 heterocycles. The molecule has 14 heteroatoms. The number of rotatable bonds is 6. The molecule has 2 aliphatic rings. The minimum absolute atomic E-state index is 0.0649. The molecule has 11 nitrogen and oxygen atoms in total. The van der Waals surface area contributed by atoms with Crippen molar-refractivity contribution in [2.75, 3.05) is 17.2 Å². The maximum atomic E-state index is 13.8. The molecular weight excluding hydrogens is 550 g/mol. The van der Waals surface area contributed by atoms with Gasteiger partial charge in [0.15, 0.2) is 5.65 Å². The molecule has 3 aromatic rings. The molecule has 208 valence electrons. The third kappa shape index (κ3) is 5.53. The van der Waals surface area contributed by atoms with E-state index in [9.17, 15) is 19.1 Å². The molecule has 1 aliphatic carbocycles. The molecular formula is C25H29Cl2FN8O3. The van der Waals surface area contributed by atoms with Crippen molar-refractivity contribution >= 4 is 64.0 Å². The molecule has 0 radical (unpaired) electrons. The van der Waals surface area contributed by atoms with Crippen molar-refractivity contribution in [1.29, 1.82) is 0 Å². The molecule has 5 rings (SSSR count). The van der Waals surface area contributed by atoms with Gasteiger partial charge in [-0.2, -0.15) is 4.98 Å². The molecule has 1 saturated carbocycles. The number of hydrogen-bond acceptors (Lipinski definition) is 7. The van der Waals surface area contributed by atoms with Gasteiger partial charge >= 0.3 is 6.09 Å². The molecule has 0 spiro atoms. The van der Waals surface area contributed by atoms with Crippen molar-refractivity contribution in [3.05, 3.63) is 34.2 Å². The van der Waals surface area contributed by atoms with Crippen LogP contribution in [-0.2, 0) is 4.79 Å². The molecule has 2 fully saturated rings. The monoisotopic (exact) mass is 578 g/mol. The largest absolute Gasteiger partial charge is 0.465 e. The molecule has 2 aromatic heterocycles. The highest BCUT2D eigenvalue weighted by atomic mass is 35.5. The van der Waals surface area contributed by atoms with Crippen LogP contribution in [-0.4, -0.2) is 60.2 Å². The molecule has 5 N–H and O–H groups in total. The summed E-state index contributed by atoms with van der Waals surface area (Å²) in [5.41, 5.74) is 6.91. The number of benzene rings is 1. The summed E-state index contributed by atoms with van der Waals surface area (Å²) in [6, 6.07) is 1.83. The molecule has 1 aliphatic heterocycles. The Hall–Kier alpha value is -3.38. The predicted molar refractivity (Wildman–Crippen MR) is 146 cm³/mol. The van der Waals surface area contributed by atoms with Crippen LogP contribution in [0.2, 0.25) is 10.0 Å². The second kappa shape index (κ2) is 11.0. The lowest BCUT2D eigenvalue weighted by Crippen LogP contribution is -2.51. The van der Waals surface area contributed by atoms with E-state index in [0.29, 0.717) is 61.0 Å². The normalized spacial score (nSPS) is 23.5. The third-order valence-electron chi connectivity index (χ3n) is 7.69. The van der Waals surface area contributed by atoms with E-state index < -0.39 is 11.9 Å². The Kier molecular flexibility index (Phi) is 7.68. The van der Waals surface area contributed by atoms with Gasteiger partial charge in [0.2, 0.25) is 17.8 Å². The number of imidazole rings is 1. The number of aromatic nitrogens is 4. The lowest BCUT2D eigenvalue weighted by molar-refractivity contribution is -0.122. The number of anilines is 3. The van der Waals surface area contributed by atoms with E-state index in [-0.39, 0.29) is 40.0 Å². The summed E-state index contributed by atoms with van der Waals surface area (Å²) < 4.78 is 15.7. The quantitative estimate of drug-likeness (QED) is 0.312. The van der Waals surface area contributed by atoms with Crippen LogP contribution in [0.3, 0.4) is 0 Å². The van der Waals surface area contributed by atoms with Crippen LogP contribution in [0.5, 0.6) is 0 Å². The fourth-order valence-corrected chi connectivity index (χ4v) is 6.11. The standard InChI is InChI=1S/C25H29Cl2FN8O3/c1-12-18(3-2-8-35(12)25(38)39)31-23-30-11-19-22(34-23)36(15-6-4-13(5-7-15)21(29)37)24(32-19)33-20-16(26)9-14(28)10-17(20)27/h9-13,15,18H,2-8H2,1H3,(H2,29,37)(H,32,33)(H,38,39)(H,30,31,34). The maximum absolute atomic E-state index is 13.8. The van der Waals surface area contributed by atoms with E-state index in [1.807, 2.05) is 11.5 Å². The average Bonchev–Trinajstić information content (AvgIpc) is 3.24. The third-order valence-corrected chi connectivity index (χ3v) is 8.29. The number of nitrogens with one attached hydrogen (secondary N) is 2. The lowest BCUT2D eigenvalue weighted by Gasteiger charge is -2.37. The van der Waals surface area contributed by atoms with Crippen molar-refractivity contribution in [3.8, 4) is 0 Å². The number of fused-ring (bicyclic) bond motifs is 1. The number of halogens is 3. The van der Waals surface area contributed by atoms with Crippen molar-refractivity contribution in [1.82, 2.24) is 24.4 Å². The number of nitrogens with zero attached hydrogens (tertiary/aromatic N) is 5. The molecule has 1 saturated heterocycles. The number of likely N-dealkylation sites (tertiary alicyclic amines) is 1. The Labute approximate surface area is 233 Å². The first kappa shape index (κ1) is 27.2. The van der Waals surface area contributed by atoms with E-state index in [0.717, 1.165) is 25.0 Å². The Balaban J connectivity index is 1.51. The van der Waals surface area contributed by atoms with Gasteiger partial charge < -0.3 is 26.4 Å². The van der Waals surface area contributed by atoms with Crippen molar-refractivity contribution < 1.29 is 19.1 Å². The van der Waals surface area contributed by atoms with Crippen LogP contribution in [0.15, 0.2) is 18.3 Å². The summed E-state index contributed by atoms with van der Waals surface area (Å²) in [6.45, 7) is 2.35. The zero-order chi connectivity index (χ0) is 27.8. The Bertz CT molecular complexity index is 1390. The molecule has 2 atom stereocenters. The van der Waals surface area contributed by atoms with Gasteiger partial charge in [0, 0.05) is 24.5 Å². The van der Waals surface area contributed by atoms with Gasteiger partial charge in [-0.05, 0) is 57.6 Å². The Morgan fingerprint density at radius 1 is 1.13 bits per heavy atom. The number of carboxylic acid groups (broad SMARTS) is 1. The van der Waals surface area contributed by atoms with Gasteiger partial charge in [0.1, 0.15) is 11.3 Å². The fourth-order valence-electron chi connectivity index (χ4n) is 5.56. The second-order valence-electron chi connectivity index (χ2n) is 10.1. The smallest absolute Gasteiger partial charge is 0.407 e. The number of nitrogens with two attached hydrogens (primary N) is 1. The predicted octanol–water partition coefficient (Wildman–Crippen LogP) is 5.18. The number of hydrogen-bond donors (Lipinski definition) is 4. The van der Waals surface area contributed by atoms with Gasteiger partial charge in [0.05, 0.1) is 28.0 Å². The van der Waals surface area contributed by atoms with Crippen LogP contribution in [0.25, 0.3) is 11.2 Å². The molecule has 1 aromatic carbocycles. The summed E-state index contributed by atoms with van der Waals surface area (Å²) in [6.07, 6.45) is 4.72. The van der Waals surface area contributed by atoms with Crippen LogP contribution < -0.4 is 16.4 Å². The number of piperidine rings is 1. The van der Waals surface area contributed by atoms with E-state index in [1.165, 1.54) is 4.90 Å². The molecule has 39 heavy (non-hydrogen) atoms. The number of amides is 2. The molecule has 2 unspecified atom stereocenters. The van der Waals surface area contributed by atoms with Gasteiger partial charge in [-0.3, -0.25) is 9.36 Å². The van der Waals surface area contributed by atoms with E-state index in [2.05, 4.69) is 15.6 Å². The first-order valence-electron chi connectivity index (χ1n) is 12.8. The van der Waals surface area contributed by atoms with Gasteiger partial charge in [0.25, 0.3) is 0 Å². The average molecular weight is 579 g/mol. The molecule has 0 bridgehead atoms. The van der Waals surface area contributed by atoms with Crippen LogP contribution in [0.1, 0.15) is 51.5 Å². The zero-order valence-electron chi connectivity index (χ0n) is 21.2. The van der Waals surface area contributed by atoms with Gasteiger partial charge in [-0.1, -0.05) is 23.2 Å². The number of primary amides is 1. The number of carbonyl (C=O) groups is 2. The van der Waals surface area contributed by atoms with Gasteiger partial charge in [-0.15, -0.1) is 0 Å². The lowest BCUT2D eigenvalue weighted by atomic mass is 9.85.